The van der Waals surface area contributed by atoms with Crippen LogP contribution in [0.15, 0.2) is 24.3 Å². The molecule has 0 bridgehead atoms. The van der Waals surface area contributed by atoms with E-state index in [-0.39, 0.29) is 0 Å². The quantitative estimate of drug-likeness (QED) is 0.855. The lowest BCUT2D eigenvalue weighted by molar-refractivity contribution is 0.0645. The highest BCUT2D eigenvalue weighted by molar-refractivity contribution is 5.28. The molecule has 0 aromatic heterocycles. The van der Waals surface area contributed by atoms with Gasteiger partial charge in [0, 0.05) is 12.6 Å². The molecule has 0 spiro atoms. The van der Waals surface area contributed by atoms with Crippen molar-refractivity contribution in [2.45, 2.75) is 38.3 Å². The second-order valence-corrected chi connectivity index (χ2v) is 5.38. The summed E-state index contributed by atoms with van der Waals surface area (Å²) in [6.45, 7) is 7.05. The van der Waals surface area contributed by atoms with Crippen LogP contribution < -0.4 is 10.6 Å². The third kappa shape index (κ3) is 3.56. The zero-order valence-electron chi connectivity index (χ0n) is 12.3. The molecule has 0 saturated carbocycles. The molecule has 106 valence electrons. The molecule has 1 aliphatic heterocycles. The molecule has 1 fully saturated rings. The molecule has 3 atom stereocenters. The van der Waals surface area contributed by atoms with Gasteiger partial charge >= 0.3 is 0 Å². The van der Waals surface area contributed by atoms with Crippen molar-refractivity contribution in [2.75, 3.05) is 26.8 Å². The van der Waals surface area contributed by atoms with E-state index < -0.39 is 0 Å². The lowest BCUT2D eigenvalue weighted by Crippen LogP contribution is -2.48. The molecular weight excluding hydrogens is 236 g/mol. The van der Waals surface area contributed by atoms with Gasteiger partial charge < -0.3 is 15.4 Å². The summed E-state index contributed by atoms with van der Waals surface area (Å²) >= 11 is 0. The first-order chi connectivity index (χ1) is 9.26. The summed E-state index contributed by atoms with van der Waals surface area (Å²) in [5.74, 6) is 0.637. The van der Waals surface area contributed by atoms with Gasteiger partial charge in [-0.15, -0.1) is 0 Å². The van der Waals surface area contributed by atoms with Crippen molar-refractivity contribution in [3.63, 3.8) is 0 Å². The minimum atomic E-state index is 0.311. The SMILES string of the molecule is CCC(C)c1ccc(C(NC)C2COCCN2)cc1. The maximum Gasteiger partial charge on any atom is 0.0638 e. The molecule has 1 saturated heterocycles. The van der Waals surface area contributed by atoms with Gasteiger partial charge in [0.1, 0.15) is 0 Å². The van der Waals surface area contributed by atoms with Crippen LogP contribution in [-0.2, 0) is 4.74 Å². The van der Waals surface area contributed by atoms with Gasteiger partial charge in [-0.2, -0.15) is 0 Å². The van der Waals surface area contributed by atoms with Crippen molar-refractivity contribution in [1.82, 2.24) is 10.6 Å². The molecule has 1 aromatic carbocycles. The van der Waals surface area contributed by atoms with E-state index in [1.807, 2.05) is 7.05 Å². The normalized spacial score (nSPS) is 23.0. The maximum absolute atomic E-state index is 5.56. The Morgan fingerprint density at radius 2 is 2.00 bits per heavy atom. The summed E-state index contributed by atoms with van der Waals surface area (Å²) in [4.78, 5) is 0. The fourth-order valence-corrected chi connectivity index (χ4v) is 2.67. The second kappa shape index (κ2) is 7.04. The summed E-state index contributed by atoms with van der Waals surface area (Å²) in [6.07, 6.45) is 1.19. The molecule has 0 radical (unpaired) electrons. The zero-order valence-corrected chi connectivity index (χ0v) is 12.3. The van der Waals surface area contributed by atoms with Crippen LogP contribution in [0.3, 0.4) is 0 Å². The summed E-state index contributed by atoms with van der Waals surface area (Å²) in [5, 5.41) is 6.94. The molecule has 3 unspecified atom stereocenters. The average Bonchev–Trinajstić information content (AvgIpc) is 2.49. The molecule has 19 heavy (non-hydrogen) atoms. The van der Waals surface area contributed by atoms with Gasteiger partial charge in [-0.05, 0) is 30.5 Å². The highest BCUT2D eigenvalue weighted by atomic mass is 16.5. The van der Waals surface area contributed by atoms with Gasteiger partial charge in [0.25, 0.3) is 0 Å². The second-order valence-electron chi connectivity index (χ2n) is 5.38. The molecule has 3 heteroatoms. The van der Waals surface area contributed by atoms with Crippen LogP contribution in [0.4, 0.5) is 0 Å². The number of hydrogen-bond donors (Lipinski definition) is 2. The zero-order chi connectivity index (χ0) is 13.7. The Balaban J connectivity index is 2.09. The van der Waals surface area contributed by atoms with Crippen LogP contribution in [0, 0.1) is 0 Å². The lowest BCUT2D eigenvalue weighted by atomic mass is 9.93. The fourth-order valence-electron chi connectivity index (χ4n) is 2.67. The van der Waals surface area contributed by atoms with Crippen LogP contribution in [0.1, 0.15) is 43.4 Å². The summed E-state index contributed by atoms with van der Waals surface area (Å²) < 4.78 is 5.56. The van der Waals surface area contributed by atoms with E-state index in [1.165, 1.54) is 17.5 Å². The largest absolute Gasteiger partial charge is 0.378 e. The number of morpholine rings is 1. The van der Waals surface area contributed by atoms with E-state index in [9.17, 15) is 0 Å². The van der Waals surface area contributed by atoms with Crippen LogP contribution >= 0.6 is 0 Å². The van der Waals surface area contributed by atoms with Crippen LogP contribution in [0.5, 0.6) is 0 Å². The highest BCUT2D eigenvalue weighted by Crippen LogP contribution is 2.23. The van der Waals surface area contributed by atoms with Gasteiger partial charge in [0.05, 0.1) is 19.3 Å². The van der Waals surface area contributed by atoms with Crippen molar-refractivity contribution in [1.29, 1.82) is 0 Å². The summed E-state index contributed by atoms with van der Waals surface area (Å²) in [6, 6.07) is 9.69. The first kappa shape index (κ1) is 14.5. The standard InChI is InChI=1S/C16H26N2O/c1-4-12(2)13-5-7-14(8-6-13)16(17-3)15-11-19-10-9-18-15/h5-8,12,15-18H,4,9-11H2,1-3H3. The molecule has 1 aromatic rings. The van der Waals surface area contributed by atoms with Crippen LogP contribution in [0.2, 0.25) is 0 Å². The number of rotatable bonds is 5. The molecule has 2 N–H and O–H groups in total. The van der Waals surface area contributed by atoms with Crippen molar-refractivity contribution >= 4 is 0 Å². The summed E-state index contributed by atoms with van der Waals surface area (Å²) in [7, 11) is 2.02. The van der Waals surface area contributed by atoms with E-state index in [0.717, 1.165) is 19.8 Å². The fraction of sp³-hybridized carbons (Fsp3) is 0.625. The first-order valence-electron chi connectivity index (χ1n) is 7.34. The minimum absolute atomic E-state index is 0.311. The number of nitrogens with one attached hydrogen (secondary N) is 2. The van der Waals surface area contributed by atoms with Gasteiger partial charge in [-0.25, -0.2) is 0 Å². The smallest absolute Gasteiger partial charge is 0.0638 e. The average molecular weight is 262 g/mol. The monoisotopic (exact) mass is 262 g/mol. The van der Waals surface area contributed by atoms with E-state index in [1.54, 1.807) is 0 Å². The van der Waals surface area contributed by atoms with Crippen molar-refractivity contribution in [2.24, 2.45) is 0 Å². The predicted octanol–water partition coefficient (Wildman–Crippen LogP) is 2.45. The molecular formula is C16H26N2O. The van der Waals surface area contributed by atoms with Crippen LogP contribution in [-0.4, -0.2) is 32.8 Å². The van der Waals surface area contributed by atoms with Gasteiger partial charge in [-0.1, -0.05) is 38.1 Å². The topological polar surface area (TPSA) is 33.3 Å². The van der Waals surface area contributed by atoms with E-state index >= 15 is 0 Å². The first-order valence-corrected chi connectivity index (χ1v) is 7.34. The van der Waals surface area contributed by atoms with E-state index in [4.69, 9.17) is 4.74 Å². The summed E-state index contributed by atoms with van der Waals surface area (Å²) in [5.41, 5.74) is 2.76. The Bertz CT molecular complexity index is 371. The Morgan fingerprint density at radius 3 is 2.53 bits per heavy atom. The minimum Gasteiger partial charge on any atom is -0.378 e. The maximum atomic E-state index is 5.56. The van der Waals surface area contributed by atoms with Gasteiger partial charge in [0.15, 0.2) is 0 Å². The predicted molar refractivity (Wildman–Crippen MR) is 79.6 cm³/mol. The Kier molecular flexibility index (Phi) is 5.37. The number of hydrogen-bond acceptors (Lipinski definition) is 3. The van der Waals surface area contributed by atoms with E-state index in [0.29, 0.717) is 18.0 Å². The third-order valence-electron chi connectivity index (χ3n) is 4.14. The van der Waals surface area contributed by atoms with Gasteiger partial charge in [-0.3, -0.25) is 0 Å². The molecule has 1 aliphatic rings. The Labute approximate surface area is 116 Å². The molecule has 0 amide bonds. The molecule has 0 aliphatic carbocycles. The lowest BCUT2D eigenvalue weighted by Gasteiger charge is -2.31. The van der Waals surface area contributed by atoms with Crippen molar-refractivity contribution in [3.8, 4) is 0 Å². The van der Waals surface area contributed by atoms with Crippen LogP contribution in [0.25, 0.3) is 0 Å². The Hall–Kier alpha value is -0.900. The van der Waals surface area contributed by atoms with Crippen molar-refractivity contribution < 1.29 is 4.74 Å². The number of likely N-dealkylation sites (N-methyl/N-ethyl adjacent to an activating group) is 1. The molecule has 2 rings (SSSR count). The Morgan fingerprint density at radius 1 is 1.32 bits per heavy atom. The molecule has 1 heterocycles. The van der Waals surface area contributed by atoms with Gasteiger partial charge in [0.2, 0.25) is 0 Å². The van der Waals surface area contributed by atoms with E-state index in [2.05, 4.69) is 48.7 Å². The number of ether oxygens (including phenoxy) is 1. The number of benzene rings is 1. The third-order valence-corrected chi connectivity index (χ3v) is 4.14. The van der Waals surface area contributed by atoms with Crippen molar-refractivity contribution in [3.05, 3.63) is 35.4 Å². The molecule has 3 nitrogen and oxygen atoms in total. The highest BCUT2D eigenvalue weighted by Gasteiger charge is 2.23.